The van der Waals surface area contributed by atoms with Gasteiger partial charge < -0.3 is 9.64 Å². The highest BCUT2D eigenvalue weighted by atomic mass is 16.6. The van der Waals surface area contributed by atoms with Gasteiger partial charge in [0.15, 0.2) is 0 Å². The molecule has 2 aromatic rings. The van der Waals surface area contributed by atoms with E-state index in [4.69, 9.17) is 4.74 Å². The zero-order valence-electron chi connectivity index (χ0n) is 14.6. The molecule has 0 unspecified atom stereocenters. The summed E-state index contributed by atoms with van der Waals surface area (Å²) in [5.41, 5.74) is 3.65. The summed E-state index contributed by atoms with van der Waals surface area (Å²) in [6.45, 7) is 8.93. The lowest BCUT2D eigenvalue weighted by Crippen LogP contribution is -2.50. The Balaban J connectivity index is 1.77. The zero-order valence-corrected chi connectivity index (χ0v) is 14.6. The maximum atomic E-state index is 12.1. The number of amides is 1. The molecule has 0 N–H and O–H groups in total. The third-order valence-corrected chi connectivity index (χ3v) is 4.05. The van der Waals surface area contributed by atoms with E-state index in [1.807, 2.05) is 32.9 Å². The normalized spacial score (nSPS) is 15.1. The molecule has 126 valence electrons. The predicted octanol–water partition coefficient (Wildman–Crippen LogP) is 3.79. The smallest absolute Gasteiger partial charge is 0.410 e. The molecule has 0 atom stereocenters. The van der Waals surface area contributed by atoms with Crippen LogP contribution in [0.5, 0.6) is 0 Å². The lowest BCUT2D eigenvalue weighted by Gasteiger charge is -2.39. The number of hydrogen-bond acceptors (Lipinski definition) is 4. The van der Waals surface area contributed by atoms with Crippen LogP contribution in [-0.2, 0) is 4.74 Å². The molecule has 0 aliphatic carbocycles. The van der Waals surface area contributed by atoms with Crippen molar-refractivity contribution in [3.63, 3.8) is 0 Å². The van der Waals surface area contributed by atoms with Crippen LogP contribution in [0.3, 0.4) is 0 Å². The van der Waals surface area contributed by atoms with Crippen molar-refractivity contribution in [1.29, 1.82) is 0 Å². The van der Waals surface area contributed by atoms with E-state index in [1.165, 1.54) is 5.56 Å². The van der Waals surface area contributed by atoms with Gasteiger partial charge in [0.2, 0.25) is 0 Å². The van der Waals surface area contributed by atoms with Crippen molar-refractivity contribution in [3.8, 4) is 11.3 Å². The summed E-state index contributed by atoms with van der Waals surface area (Å²) in [6.07, 6.45) is 3.17. The zero-order chi connectivity index (χ0) is 17.3. The Labute approximate surface area is 142 Å². The van der Waals surface area contributed by atoms with Crippen LogP contribution < -0.4 is 0 Å². The van der Waals surface area contributed by atoms with Gasteiger partial charge in [-0.1, -0.05) is 24.3 Å². The minimum absolute atomic E-state index is 0.195. The van der Waals surface area contributed by atoms with Gasteiger partial charge in [0, 0.05) is 37.0 Å². The highest BCUT2D eigenvalue weighted by molar-refractivity contribution is 5.71. The molecule has 2 heterocycles. The molecule has 5 heteroatoms. The molecule has 1 aromatic carbocycles. The van der Waals surface area contributed by atoms with E-state index >= 15 is 0 Å². The van der Waals surface area contributed by atoms with Crippen LogP contribution in [0, 0.1) is 6.92 Å². The molecule has 3 rings (SSSR count). The maximum Gasteiger partial charge on any atom is 0.410 e. The van der Waals surface area contributed by atoms with Crippen molar-refractivity contribution in [2.75, 3.05) is 13.1 Å². The summed E-state index contributed by atoms with van der Waals surface area (Å²) >= 11 is 0. The Morgan fingerprint density at radius 1 is 1.17 bits per heavy atom. The number of carbonyl (C=O) groups is 1. The van der Waals surface area contributed by atoms with Gasteiger partial charge in [0.1, 0.15) is 5.60 Å². The minimum Gasteiger partial charge on any atom is -0.444 e. The summed E-state index contributed by atoms with van der Waals surface area (Å²) in [6, 6.07) is 8.16. The molecule has 0 bridgehead atoms. The number of nitrogens with zero attached hydrogens (tertiary/aromatic N) is 3. The van der Waals surface area contributed by atoms with Gasteiger partial charge in [-0.2, -0.15) is 0 Å². The van der Waals surface area contributed by atoms with Crippen LogP contribution in [0.4, 0.5) is 4.79 Å². The monoisotopic (exact) mass is 325 g/mol. The fourth-order valence-corrected chi connectivity index (χ4v) is 2.82. The van der Waals surface area contributed by atoms with E-state index in [2.05, 4.69) is 29.0 Å². The molecule has 0 spiro atoms. The molecule has 1 fully saturated rings. The molecule has 1 saturated heterocycles. The molecule has 1 aliphatic heterocycles. The number of likely N-dealkylation sites (tertiary alicyclic amines) is 1. The van der Waals surface area contributed by atoms with E-state index in [0.29, 0.717) is 13.1 Å². The van der Waals surface area contributed by atoms with Crippen molar-refractivity contribution in [2.24, 2.45) is 0 Å². The first kappa shape index (κ1) is 16.4. The standard InChI is InChI=1S/C19H23N3O2/c1-13-7-5-6-8-15(13)17-16(20-9-10-21-17)14-11-22(12-14)18(23)24-19(2,3)4/h5-10,14H,11-12H2,1-4H3. The van der Waals surface area contributed by atoms with Crippen molar-refractivity contribution in [2.45, 2.75) is 39.2 Å². The first-order valence-electron chi connectivity index (χ1n) is 8.20. The molecule has 0 radical (unpaired) electrons. The van der Waals surface area contributed by atoms with Crippen molar-refractivity contribution in [1.82, 2.24) is 14.9 Å². The Morgan fingerprint density at radius 3 is 2.50 bits per heavy atom. The topological polar surface area (TPSA) is 55.3 Å². The highest BCUT2D eigenvalue weighted by Crippen LogP contribution is 2.33. The number of ether oxygens (including phenoxy) is 1. The number of carbonyl (C=O) groups excluding carboxylic acids is 1. The average molecular weight is 325 g/mol. The van der Waals surface area contributed by atoms with E-state index in [1.54, 1.807) is 17.3 Å². The molecule has 5 nitrogen and oxygen atoms in total. The quantitative estimate of drug-likeness (QED) is 0.843. The molecular formula is C19H23N3O2. The second-order valence-corrected chi connectivity index (χ2v) is 7.19. The van der Waals surface area contributed by atoms with Gasteiger partial charge in [-0.05, 0) is 33.3 Å². The lowest BCUT2D eigenvalue weighted by molar-refractivity contribution is 0.00789. The van der Waals surface area contributed by atoms with Gasteiger partial charge in [0.05, 0.1) is 11.4 Å². The van der Waals surface area contributed by atoms with Crippen LogP contribution in [0.15, 0.2) is 36.7 Å². The van der Waals surface area contributed by atoms with Gasteiger partial charge in [-0.15, -0.1) is 0 Å². The summed E-state index contributed by atoms with van der Waals surface area (Å²) in [4.78, 5) is 22.9. The van der Waals surface area contributed by atoms with Crippen molar-refractivity contribution < 1.29 is 9.53 Å². The van der Waals surface area contributed by atoms with Gasteiger partial charge >= 0.3 is 6.09 Å². The SMILES string of the molecule is Cc1ccccc1-c1nccnc1C1CN(C(=O)OC(C)(C)C)C1. The molecule has 24 heavy (non-hydrogen) atoms. The fraction of sp³-hybridized carbons (Fsp3) is 0.421. The second-order valence-electron chi connectivity index (χ2n) is 7.19. The van der Waals surface area contributed by atoms with E-state index in [9.17, 15) is 4.79 Å². The summed E-state index contributed by atoms with van der Waals surface area (Å²) < 4.78 is 5.41. The molecule has 1 aromatic heterocycles. The van der Waals surface area contributed by atoms with E-state index in [-0.39, 0.29) is 12.0 Å². The maximum absolute atomic E-state index is 12.1. The van der Waals surface area contributed by atoms with Crippen molar-refractivity contribution >= 4 is 6.09 Å². The first-order chi connectivity index (χ1) is 11.3. The van der Waals surface area contributed by atoms with Crippen LogP contribution in [-0.4, -0.2) is 39.7 Å². The third-order valence-electron chi connectivity index (χ3n) is 4.05. The third kappa shape index (κ3) is 3.40. The van der Waals surface area contributed by atoms with Crippen LogP contribution in [0.25, 0.3) is 11.3 Å². The molecule has 0 saturated carbocycles. The van der Waals surface area contributed by atoms with E-state index in [0.717, 1.165) is 17.0 Å². The van der Waals surface area contributed by atoms with Crippen LogP contribution in [0.1, 0.15) is 37.9 Å². The Kier molecular flexibility index (Phi) is 4.26. The number of hydrogen-bond donors (Lipinski definition) is 0. The second kappa shape index (κ2) is 6.23. The molecule has 1 aliphatic rings. The lowest BCUT2D eigenvalue weighted by atomic mass is 9.91. The number of benzene rings is 1. The number of aryl methyl sites for hydroxylation is 1. The summed E-state index contributed by atoms with van der Waals surface area (Å²) in [5, 5.41) is 0. The van der Waals surface area contributed by atoms with Crippen molar-refractivity contribution in [3.05, 3.63) is 47.9 Å². The predicted molar refractivity (Wildman–Crippen MR) is 92.8 cm³/mol. The van der Waals surface area contributed by atoms with E-state index < -0.39 is 5.60 Å². The van der Waals surface area contributed by atoms with Gasteiger partial charge in [-0.25, -0.2) is 4.79 Å². The summed E-state index contributed by atoms with van der Waals surface area (Å²) in [7, 11) is 0. The van der Waals surface area contributed by atoms with Crippen LogP contribution in [0.2, 0.25) is 0 Å². The Bertz CT molecular complexity index is 746. The Morgan fingerprint density at radius 2 is 1.83 bits per heavy atom. The number of aromatic nitrogens is 2. The fourth-order valence-electron chi connectivity index (χ4n) is 2.82. The molecular weight excluding hydrogens is 302 g/mol. The van der Waals surface area contributed by atoms with Gasteiger partial charge in [0.25, 0.3) is 0 Å². The van der Waals surface area contributed by atoms with Crippen LogP contribution >= 0.6 is 0 Å². The average Bonchev–Trinajstić information content (AvgIpc) is 2.45. The number of rotatable bonds is 2. The summed E-state index contributed by atoms with van der Waals surface area (Å²) in [5.74, 6) is 0.195. The largest absolute Gasteiger partial charge is 0.444 e. The minimum atomic E-state index is -0.471. The first-order valence-corrected chi connectivity index (χ1v) is 8.20. The molecule has 1 amide bonds. The highest BCUT2D eigenvalue weighted by Gasteiger charge is 2.36. The van der Waals surface area contributed by atoms with Gasteiger partial charge in [-0.3, -0.25) is 9.97 Å². The Hall–Kier alpha value is -2.43.